The molecule has 0 bridgehead atoms. The van der Waals surface area contributed by atoms with Gasteiger partial charge in [-0.1, -0.05) is 39.3 Å². The number of benzene rings is 1. The standard InChI is InChI=1S/C19H25N3O/c1-4-5-11-20-17-10-12-21-18(13-17)19(23)22-16-8-6-15(7-9-16)14(2)3/h6-10,12-14H,4-5,11H2,1-3H3,(H,20,21)(H,22,23). The van der Waals surface area contributed by atoms with Crippen molar-refractivity contribution in [3.05, 3.63) is 53.9 Å². The predicted molar refractivity (Wildman–Crippen MR) is 96.1 cm³/mol. The fourth-order valence-corrected chi connectivity index (χ4v) is 2.22. The van der Waals surface area contributed by atoms with E-state index in [0.717, 1.165) is 30.8 Å². The second-order valence-corrected chi connectivity index (χ2v) is 5.94. The first kappa shape index (κ1) is 17.0. The molecule has 0 saturated carbocycles. The van der Waals surface area contributed by atoms with Crippen molar-refractivity contribution in [3.63, 3.8) is 0 Å². The van der Waals surface area contributed by atoms with Crippen molar-refractivity contribution in [1.82, 2.24) is 4.98 Å². The Hall–Kier alpha value is -2.36. The maximum Gasteiger partial charge on any atom is 0.274 e. The Morgan fingerprint density at radius 1 is 1.13 bits per heavy atom. The summed E-state index contributed by atoms with van der Waals surface area (Å²) in [5.74, 6) is 0.286. The average Bonchev–Trinajstić information content (AvgIpc) is 2.56. The molecule has 1 aromatic carbocycles. The van der Waals surface area contributed by atoms with Crippen LogP contribution in [0, 0.1) is 0 Å². The lowest BCUT2D eigenvalue weighted by atomic mass is 10.0. The Bertz CT molecular complexity index is 635. The molecule has 0 aliphatic heterocycles. The van der Waals surface area contributed by atoms with E-state index in [0.29, 0.717) is 11.6 Å². The highest BCUT2D eigenvalue weighted by Crippen LogP contribution is 2.18. The van der Waals surface area contributed by atoms with Gasteiger partial charge in [0.05, 0.1) is 0 Å². The first-order valence-corrected chi connectivity index (χ1v) is 8.21. The van der Waals surface area contributed by atoms with Gasteiger partial charge in [-0.05, 0) is 42.2 Å². The number of anilines is 2. The molecule has 0 radical (unpaired) electrons. The predicted octanol–water partition coefficient (Wildman–Crippen LogP) is 4.67. The Morgan fingerprint density at radius 2 is 1.87 bits per heavy atom. The van der Waals surface area contributed by atoms with Crippen LogP contribution in [0.3, 0.4) is 0 Å². The Balaban J connectivity index is 2.01. The molecule has 1 aromatic heterocycles. The van der Waals surface area contributed by atoms with E-state index in [-0.39, 0.29) is 5.91 Å². The molecule has 0 spiro atoms. The minimum absolute atomic E-state index is 0.193. The van der Waals surface area contributed by atoms with E-state index < -0.39 is 0 Å². The third-order valence-electron chi connectivity index (χ3n) is 3.69. The molecule has 2 aromatic rings. The van der Waals surface area contributed by atoms with Crippen molar-refractivity contribution < 1.29 is 4.79 Å². The molecule has 4 heteroatoms. The van der Waals surface area contributed by atoms with Crippen LogP contribution in [-0.2, 0) is 0 Å². The Kier molecular flexibility index (Phi) is 6.15. The lowest BCUT2D eigenvalue weighted by Crippen LogP contribution is -2.14. The summed E-state index contributed by atoms with van der Waals surface area (Å²) in [6.07, 6.45) is 3.90. The molecule has 0 atom stereocenters. The van der Waals surface area contributed by atoms with Gasteiger partial charge in [-0.2, -0.15) is 0 Å². The first-order valence-electron chi connectivity index (χ1n) is 8.21. The fraction of sp³-hybridized carbons (Fsp3) is 0.368. The highest BCUT2D eigenvalue weighted by Gasteiger charge is 2.09. The first-order chi connectivity index (χ1) is 11.1. The molecule has 1 amide bonds. The van der Waals surface area contributed by atoms with Crippen LogP contribution < -0.4 is 10.6 Å². The molecule has 1 heterocycles. The molecule has 0 aliphatic carbocycles. The van der Waals surface area contributed by atoms with Gasteiger partial charge in [-0.3, -0.25) is 9.78 Å². The highest BCUT2D eigenvalue weighted by molar-refractivity contribution is 6.03. The normalized spacial score (nSPS) is 10.6. The van der Waals surface area contributed by atoms with Crippen LogP contribution in [0.25, 0.3) is 0 Å². The lowest BCUT2D eigenvalue weighted by Gasteiger charge is -2.09. The van der Waals surface area contributed by atoms with Crippen molar-refractivity contribution in [1.29, 1.82) is 0 Å². The van der Waals surface area contributed by atoms with E-state index in [1.54, 1.807) is 12.3 Å². The molecule has 2 N–H and O–H groups in total. The molecule has 23 heavy (non-hydrogen) atoms. The summed E-state index contributed by atoms with van der Waals surface area (Å²) in [4.78, 5) is 16.5. The summed E-state index contributed by atoms with van der Waals surface area (Å²) < 4.78 is 0. The number of carbonyl (C=O) groups is 1. The van der Waals surface area contributed by atoms with E-state index >= 15 is 0 Å². The summed E-state index contributed by atoms with van der Waals surface area (Å²) in [6.45, 7) is 7.35. The van der Waals surface area contributed by atoms with Crippen LogP contribution in [0.5, 0.6) is 0 Å². The van der Waals surface area contributed by atoms with Crippen LogP contribution in [0.4, 0.5) is 11.4 Å². The number of carbonyl (C=O) groups excluding carboxylic acids is 1. The molecular formula is C19H25N3O. The van der Waals surface area contributed by atoms with Crippen molar-refractivity contribution >= 4 is 17.3 Å². The van der Waals surface area contributed by atoms with Gasteiger partial charge in [-0.25, -0.2) is 0 Å². The molecule has 0 fully saturated rings. The van der Waals surface area contributed by atoms with Gasteiger partial charge in [0, 0.05) is 24.1 Å². The van der Waals surface area contributed by atoms with Crippen LogP contribution in [0.15, 0.2) is 42.6 Å². The summed E-state index contributed by atoms with van der Waals surface area (Å²) >= 11 is 0. The number of unbranched alkanes of at least 4 members (excludes halogenated alkanes) is 1. The number of rotatable bonds is 7. The van der Waals surface area contributed by atoms with Crippen molar-refractivity contribution in [2.75, 3.05) is 17.2 Å². The maximum absolute atomic E-state index is 12.3. The number of hydrogen-bond acceptors (Lipinski definition) is 3. The Labute approximate surface area is 138 Å². The zero-order valence-corrected chi connectivity index (χ0v) is 14.1. The zero-order valence-electron chi connectivity index (χ0n) is 14.1. The zero-order chi connectivity index (χ0) is 16.7. The summed E-state index contributed by atoms with van der Waals surface area (Å²) in [5.41, 5.74) is 3.38. The van der Waals surface area contributed by atoms with Crippen molar-refractivity contribution in [2.45, 2.75) is 39.5 Å². The Morgan fingerprint density at radius 3 is 2.52 bits per heavy atom. The largest absolute Gasteiger partial charge is 0.385 e. The van der Waals surface area contributed by atoms with Gasteiger partial charge in [0.2, 0.25) is 0 Å². The van der Waals surface area contributed by atoms with E-state index in [1.807, 2.05) is 30.3 Å². The van der Waals surface area contributed by atoms with Gasteiger partial charge in [-0.15, -0.1) is 0 Å². The van der Waals surface area contributed by atoms with Crippen molar-refractivity contribution in [2.24, 2.45) is 0 Å². The number of pyridine rings is 1. The second-order valence-electron chi connectivity index (χ2n) is 5.94. The minimum Gasteiger partial charge on any atom is -0.385 e. The van der Waals surface area contributed by atoms with Gasteiger partial charge in [0.15, 0.2) is 0 Å². The van der Waals surface area contributed by atoms with Crippen LogP contribution in [0.1, 0.15) is 55.6 Å². The highest BCUT2D eigenvalue weighted by atomic mass is 16.1. The number of amides is 1. The van der Waals surface area contributed by atoms with Crippen LogP contribution in [0.2, 0.25) is 0 Å². The van der Waals surface area contributed by atoms with Gasteiger partial charge >= 0.3 is 0 Å². The smallest absolute Gasteiger partial charge is 0.274 e. The minimum atomic E-state index is -0.193. The van der Waals surface area contributed by atoms with E-state index in [2.05, 4.69) is 36.4 Å². The molecule has 2 rings (SSSR count). The average molecular weight is 311 g/mol. The quantitative estimate of drug-likeness (QED) is 0.731. The van der Waals surface area contributed by atoms with E-state index in [1.165, 1.54) is 5.56 Å². The molecule has 4 nitrogen and oxygen atoms in total. The molecule has 0 saturated heterocycles. The van der Waals surface area contributed by atoms with E-state index in [4.69, 9.17) is 0 Å². The SMILES string of the molecule is CCCCNc1ccnc(C(=O)Nc2ccc(C(C)C)cc2)c1. The summed E-state index contributed by atoms with van der Waals surface area (Å²) in [7, 11) is 0. The third kappa shape index (κ3) is 5.09. The third-order valence-corrected chi connectivity index (χ3v) is 3.69. The number of nitrogens with zero attached hydrogens (tertiary/aromatic N) is 1. The fourth-order valence-electron chi connectivity index (χ4n) is 2.22. The maximum atomic E-state index is 12.3. The van der Waals surface area contributed by atoms with Crippen LogP contribution >= 0.6 is 0 Å². The van der Waals surface area contributed by atoms with Gasteiger partial charge < -0.3 is 10.6 Å². The van der Waals surface area contributed by atoms with E-state index in [9.17, 15) is 4.79 Å². The van der Waals surface area contributed by atoms with Gasteiger partial charge in [0.1, 0.15) is 5.69 Å². The molecule has 0 aliphatic rings. The molecule has 0 unspecified atom stereocenters. The van der Waals surface area contributed by atoms with Crippen LogP contribution in [-0.4, -0.2) is 17.4 Å². The summed E-state index contributed by atoms with van der Waals surface area (Å²) in [5, 5.41) is 6.19. The topological polar surface area (TPSA) is 54.0 Å². The van der Waals surface area contributed by atoms with Gasteiger partial charge in [0.25, 0.3) is 5.91 Å². The second kappa shape index (κ2) is 8.32. The summed E-state index contributed by atoms with van der Waals surface area (Å²) in [6, 6.07) is 11.6. The molecular weight excluding hydrogens is 286 g/mol. The van der Waals surface area contributed by atoms with Crippen molar-refractivity contribution in [3.8, 4) is 0 Å². The number of hydrogen-bond donors (Lipinski definition) is 2. The monoisotopic (exact) mass is 311 g/mol. The number of nitrogens with one attached hydrogen (secondary N) is 2. The number of aromatic nitrogens is 1. The lowest BCUT2D eigenvalue weighted by molar-refractivity contribution is 0.102. The molecule has 122 valence electrons.